The summed E-state index contributed by atoms with van der Waals surface area (Å²) in [4.78, 5) is 4.87. The van der Waals surface area contributed by atoms with Crippen LogP contribution in [0.15, 0.2) is 78.9 Å². The lowest BCUT2D eigenvalue weighted by Gasteiger charge is -2.40. The normalized spacial score (nSPS) is 14.9. The van der Waals surface area contributed by atoms with Gasteiger partial charge in [0.1, 0.15) is 0 Å². The van der Waals surface area contributed by atoms with E-state index in [0.29, 0.717) is 31.3 Å². The molecule has 1 saturated heterocycles. The molecule has 0 saturated carbocycles. The van der Waals surface area contributed by atoms with Gasteiger partial charge in [0, 0.05) is 32.7 Å². The maximum absolute atomic E-state index is 10.6. The van der Waals surface area contributed by atoms with Crippen LogP contribution in [0.3, 0.4) is 0 Å². The van der Waals surface area contributed by atoms with Crippen molar-refractivity contribution in [3.05, 3.63) is 95.6 Å². The van der Waals surface area contributed by atoms with Gasteiger partial charge in [0.2, 0.25) is 0 Å². The van der Waals surface area contributed by atoms with Crippen LogP contribution in [0.1, 0.15) is 22.7 Å². The summed E-state index contributed by atoms with van der Waals surface area (Å²) < 4.78 is 16.4. The number of halogens is 2. The molecule has 1 fully saturated rings. The fourth-order valence-corrected chi connectivity index (χ4v) is 4.72. The number of piperazine rings is 1. The van der Waals surface area contributed by atoms with Crippen molar-refractivity contribution < 1.29 is 19.3 Å². The number of hydrogen-bond acceptors (Lipinski definition) is 6. The summed E-state index contributed by atoms with van der Waals surface area (Å²) in [6.07, 6.45) is -0.527. The lowest BCUT2D eigenvalue weighted by Crippen LogP contribution is -2.50. The molecule has 6 nitrogen and oxygen atoms in total. The molecule has 1 atom stereocenters. The molecule has 37 heavy (non-hydrogen) atoms. The molecule has 0 aliphatic carbocycles. The predicted octanol–water partition coefficient (Wildman–Crippen LogP) is 4.83. The minimum atomic E-state index is -0.527. The highest BCUT2D eigenvalue weighted by Crippen LogP contribution is 2.30. The third-order valence-electron chi connectivity index (χ3n) is 6.50. The van der Waals surface area contributed by atoms with Crippen molar-refractivity contribution >= 4 is 24.8 Å². The Morgan fingerprint density at radius 2 is 1.32 bits per heavy atom. The molecule has 1 heterocycles. The molecule has 0 radical (unpaired) electrons. The van der Waals surface area contributed by atoms with Gasteiger partial charge in [-0.25, -0.2) is 0 Å². The van der Waals surface area contributed by atoms with Gasteiger partial charge in [-0.3, -0.25) is 9.80 Å². The van der Waals surface area contributed by atoms with Crippen molar-refractivity contribution in [1.29, 1.82) is 0 Å². The van der Waals surface area contributed by atoms with E-state index in [4.69, 9.17) is 14.2 Å². The molecule has 1 unspecified atom stereocenters. The highest BCUT2D eigenvalue weighted by atomic mass is 35.5. The predicted molar refractivity (Wildman–Crippen MR) is 152 cm³/mol. The Kier molecular flexibility index (Phi) is 13.2. The van der Waals surface area contributed by atoms with Gasteiger partial charge in [-0.1, -0.05) is 66.7 Å². The summed E-state index contributed by atoms with van der Waals surface area (Å²) in [6.45, 7) is 5.07. The summed E-state index contributed by atoms with van der Waals surface area (Å²) in [7, 11) is 3.24. The first kappa shape index (κ1) is 30.9. The van der Waals surface area contributed by atoms with Gasteiger partial charge in [0.05, 0.1) is 39.6 Å². The van der Waals surface area contributed by atoms with Gasteiger partial charge >= 0.3 is 0 Å². The zero-order valence-electron chi connectivity index (χ0n) is 21.5. The number of ether oxygens (including phenoxy) is 3. The second-order valence-electron chi connectivity index (χ2n) is 8.92. The second kappa shape index (κ2) is 15.8. The molecular weight excluding hydrogens is 511 g/mol. The monoisotopic (exact) mass is 548 g/mol. The molecule has 0 spiro atoms. The smallest absolute Gasteiger partial charge is 0.161 e. The fourth-order valence-electron chi connectivity index (χ4n) is 4.72. The number of rotatable bonds is 11. The standard InChI is InChI=1S/C29H36N2O4.2ClH/c1-33-27-14-13-23(19-28(27)34-2)21-35-22-26(32)20-30-15-17-31(18-16-30)29(24-9-5-3-6-10-24)25-11-7-4-8-12-25;;/h3-14,19,26,29,32H,15-18,20-22H2,1-2H3;2*1H. The van der Waals surface area contributed by atoms with Gasteiger partial charge in [0.15, 0.2) is 11.5 Å². The SMILES string of the molecule is COc1ccc(COCC(O)CN2CCN(C(c3ccccc3)c3ccccc3)CC2)cc1OC.Cl.Cl. The number of nitrogens with zero attached hydrogens (tertiary/aromatic N) is 2. The van der Waals surface area contributed by atoms with Gasteiger partial charge in [-0.05, 0) is 28.8 Å². The number of β-amino-alcohol motifs (C(OH)–C–C–N with tert-alkyl or cyclic N) is 1. The Balaban J connectivity index is 0.00000241. The quantitative estimate of drug-likeness (QED) is 0.370. The molecule has 3 aromatic rings. The molecule has 3 aromatic carbocycles. The zero-order valence-corrected chi connectivity index (χ0v) is 23.1. The Labute approximate surface area is 233 Å². The Morgan fingerprint density at radius 3 is 1.86 bits per heavy atom. The number of hydrogen-bond donors (Lipinski definition) is 1. The van der Waals surface area contributed by atoms with Crippen molar-refractivity contribution in [2.24, 2.45) is 0 Å². The van der Waals surface area contributed by atoms with Crippen molar-refractivity contribution in [1.82, 2.24) is 9.80 Å². The van der Waals surface area contributed by atoms with Crippen molar-refractivity contribution in [3.63, 3.8) is 0 Å². The third kappa shape index (κ3) is 8.60. The number of benzene rings is 3. The highest BCUT2D eigenvalue weighted by Gasteiger charge is 2.27. The highest BCUT2D eigenvalue weighted by molar-refractivity contribution is 5.85. The van der Waals surface area contributed by atoms with Crippen molar-refractivity contribution in [2.75, 3.05) is 53.6 Å². The van der Waals surface area contributed by atoms with Crippen LogP contribution < -0.4 is 9.47 Å². The van der Waals surface area contributed by atoms with Crippen LogP contribution in [0.2, 0.25) is 0 Å². The van der Waals surface area contributed by atoms with E-state index in [-0.39, 0.29) is 30.9 Å². The van der Waals surface area contributed by atoms with Gasteiger partial charge in [-0.2, -0.15) is 0 Å². The van der Waals surface area contributed by atoms with E-state index in [1.807, 2.05) is 18.2 Å². The molecule has 8 heteroatoms. The third-order valence-corrected chi connectivity index (χ3v) is 6.50. The van der Waals surface area contributed by atoms with Gasteiger partial charge in [-0.15, -0.1) is 24.8 Å². The first-order chi connectivity index (χ1) is 17.2. The number of aliphatic hydroxyl groups excluding tert-OH is 1. The Hall–Kier alpha value is -2.32. The molecule has 0 amide bonds. The van der Waals surface area contributed by atoms with Gasteiger partial charge < -0.3 is 19.3 Å². The van der Waals surface area contributed by atoms with Crippen LogP contribution in [-0.4, -0.2) is 74.6 Å². The molecule has 4 rings (SSSR count). The van der Waals surface area contributed by atoms with E-state index >= 15 is 0 Å². The molecule has 1 aliphatic heterocycles. The van der Waals surface area contributed by atoms with E-state index in [1.165, 1.54) is 11.1 Å². The zero-order chi connectivity index (χ0) is 24.5. The molecule has 1 aliphatic rings. The lowest BCUT2D eigenvalue weighted by molar-refractivity contribution is -0.000743. The van der Waals surface area contributed by atoms with E-state index in [0.717, 1.165) is 31.7 Å². The van der Waals surface area contributed by atoms with Crippen LogP contribution in [0.5, 0.6) is 11.5 Å². The van der Waals surface area contributed by atoms with Crippen LogP contribution in [-0.2, 0) is 11.3 Å². The number of aliphatic hydroxyl groups is 1. The van der Waals surface area contributed by atoms with E-state index in [1.54, 1.807) is 14.2 Å². The molecular formula is C29H38Cl2N2O4. The maximum atomic E-state index is 10.6. The summed E-state index contributed by atoms with van der Waals surface area (Å²) in [6, 6.07) is 27.4. The molecule has 0 aromatic heterocycles. The average Bonchev–Trinajstić information content (AvgIpc) is 2.91. The average molecular weight is 550 g/mol. The lowest BCUT2D eigenvalue weighted by atomic mass is 9.96. The van der Waals surface area contributed by atoms with Crippen LogP contribution in [0, 0.1) is 0 Å². The van der Waals surface area contributed by atoms with Crippen LogP contribution in [0.25, 0.3) is 0 Å². The fraction of sp³-hybridized carbons (Fsp3) is 0.379. The topological polar surface area (TPSA) is 54.4 Å². The largest absolute Gasteiger partial charge is 0.493 e. The second-order valence-corrected chi connectivity index (χ2v) is 8.92. The molecule has 1 N–H and O–H groups in total. The minimum Gasteiger partial charge on any atom is -0.493 e. The summed E-state index contributed by atoms with van der Waals surface area (Å²) >= 11 is 0. The summed E-state index contributed by atoms with van der Waals surface area (Å²) in [5.41, 5.74) is 3.61. The maximum Gasteiger partial charge on any atom is 0.161 e. The Morgan fingerprint density at radius 1 is 0.757 bits per heavy atom. The molecule has 0 bridgehead atoms. The first-order valence-electron chi connectivity index (χ1n) is 12.2. The number of methoxy groups -OCH3 is 2. The summed E-state index contributed by atoms with van der Waals surface area (Å²) in [5.74, 6) is 1.37. The van der Waals surface area contributed by atoms with Crippen molar-refractivity contribution in [3.8, 4) is 11.5 Å². The Bertz CT molecular complexity index is 995. The van der Waals surface area contributed by atoms with E-state index in [9.17, 15) is 5.11 Å². The van der Waals surface area contributed by atoms with Gasteiger partial charge in [0.25, 0.3) is 0 Å². The van der Waals surface area contributed by atoms with E-state index < -0.39 is 6.10 Å². The first-order valence-corrected chi connectivity index (χ1v) is 12.2. The van der Waals surface area contributed by atoms with E-state index in [2.05, 4.69) is 70.5 Å². The summed E-state index contributed by atoms with van der Waals surface area (Å²) in [5, 5.41) is 10.6. The van der Waals surface area contributed by atoms with Crippen LogP contribution in [0.4, 0.5) is 0 Å². The minimum absolute atomic E-state index is 0. The van der Waals surface area contributed by atoms with Crippen molar-refractivity contribution in [2.45, 2.75) is 18.8 Å². The van der Waals surface area contributed by atoms with Crippen LogP contribution >= 0.6 is 24.8 Å². The molecule has 202 valence electrons.